The highest BCUT2D eigenvalue weighted by atomic mass is 35.5. The Balaban J connectivity index is 1.81. The summed E-state index contributed by atoms with van der Waals surface area (Å²) in [5, 5.41) is 0.610. The van der Waals surface area contributed by atoms with Crippen LogP contribution in [0.2, 0.25) is 5.02 Å². The predicted octanol–water partition coefficient (Wildman–Crippen LogP) is 3.85. The van der Waals surface area contributed by atoms with E-state index in [1.165, 1.54) is 13.4 Å². The van der Waals surface area contributed by atoms with E-state index >= 15 is 0 Å². The Hall–Kier alpha value is -2.86. The summed E-state index contributed by atoms with van der Waals surface area (Å²) in [7, 11) is 1.47. The van der Waals surface area contributed by atoms with Crippen LogP contribution in [0.5, 0.6) is 6.01 Å². The van der Waals surface area contributed by atoms with Gasteiger partial charge in [-0.1, -0.05) is 29.8 Å². The highest BCUT2D eigenvalue weighted by Gasteiger charge is 2.38. The average molecular weight is 357 g/mol. The molecule has 126 valence electrons. The van der Waals surface area contributed by atoms with E-state index in [-0.39, 0.29) is 6.01 Å². The van der Waals surface area contributed by atoms with E-state index in [9.17, 15) is 4.79 Å². The fourth-order valence-electron chi connectivity index (χ4n) is 2.82. The summed E-state index contributed by atoms with van der Waals surface area (Å²) in [6, 6.07) is 11.0. The summed E-state index contributed by atoms with van der Waals surface area (Å²) in [4.78, 5) is 21.0. The van der Waals surface area contributed by atoms with Crippen LogP contribution < -0.4 is 4.74 Å². The van der Waals surface area contributed by atoms with Crippen LogP contribution in [0.1, 0.15) is 27.7 Å². The minimum atomic E-state index is -0.562. The predicted molar refractivity (Wildman–Crippen MR) is 89.6 cm³/mol. The molecule has 0 radical (unpaired) electrons. The number of esters is 1. The van der Waals surface area contributed by atoms with E-state index in [1.54, 1.807) is 18.2 Å². The van der Waals surface area contributed by atoms with Crippen LogP contribution in [-0.4, -0.2) is 23.0 Å². The molecule has 0 fully saturated rings. The van der Waals surface area contributed by atoms with Gasteiger partial charge in [0.25, 0.3) is 0 Å². The molecule has 1 aromatic carbocycles. The molecule has 1 aliphatic heterocycles. The van der Waals surface area contributed by atoms with Gasteiger partial charge in [0.2, 0.25) is 0 Å². The topological polar surface area (TPSA) is 74.5 Å². The van der Waals surface area contributed by atoms with Crippen molar-refractivity contribution < 1.29 is 18.7 Å². The van der Waals surface area contributed by atoms with Crippen molar-refractivity contribution in [2.45, 2.75) is 12.5 Å². The molecule has 3 heterocycles. The van der Waals surface area contributed by atoms with Gasteiger partial charge >= 0.3 is 12.0 Å². The van der Waals surface area contributed by atoms with E-state index in [0.717, 1.165) is 5.56 Å². The largest absolute Gasteiger partial charge is 0.467 e. The smallest absolute Gasteiger partial charge is 0.343 e. The highest BCUT2D eigenvalue weighted by Crippen LogP contribution is 2.38. The Morgan fingerprint density at radius 1 is 1.20 bits per heavy atom. The van der Waals surface area contributed by atoms with Crippen molar-refractivity contribution in [3.63, 3.8) is 0 Å². The van der Waals surface area contributed by atoms with E-state index in [0.29, 0.717) is 34.2 Å². The van der Waals surface area contributed by atoms with Crippen LogP contribution >= 0.6 is 11.6 Å². The molecule has 0 N–H and O–H groups in total. The van der Waals surface area contributed by atoms with E-state index < -0.39 is 12.1 Å². The summed E-state index contributed by atoms with van der Waals surface area (Å²) < 4.78 is 16.1. The maximum atomic E-state index is 12.4. The van der Waals surface area contributed by atoms with Gasteiger partial charge in [-0.05, 0) is 23.8 Å². The second-order valence-corrected chi connectivity index (χ2v) is 5.89. The lowest BCUT2D eigenvalue weighted by molar-refractivity contribution is 0.0382. The molecule has 0 saturated heterocycles. The van der Waals surface area contributed by atoms with Crippen LogP contribution in [0.15, 0.2) is 47.1 Å². The summed E-state index contributed by atoms with van der Waals surface area (Å²) in [6.45, 7) is 0. The van der Waals surface area contributed by atoms with Crippen molar-refractivity contribution in [1.82, 2.24) is 9.97 Å². The third kappa shape index (κ3) is 2.74. The molecule has 1 unspecified atom stereocenters. The number of hydrogen-bond donors (Lipinski definition) is 0. The molecule has 4 rings (SSSR count). The summed E-state index contributed by atoms with van der Waals surface area (Å²) in [5.74, 6) is -0.0339. The Morgan fingerprint density at radius 3 is 2.76 bits per heavy atom. The minimum Gasteiger partial charge on any atom is -0.467 e. The molecule has 0 amide bonds. The number of methoxy groups -OCH3 is 1. The van der Waals surface area contributed by atoms with Gasteiger partial charge in [-0.15, -0.1) is 0 Å². The Bertz CT molecular complexity index is 940. The highest BCUT2D eigenvalue weighted by molar-refractivity contribution is 6.31. The number of furan rings is 1. The number of nitrogens with zero attached hydrogens (tertiary/aromatic N) is 2. The second kappa shape index (κ2) is 6.22. The fourth-order valence-corrected chi connectivity index (χ4v) is 3.03. The lowest BCUT2D eigenvalue weighted by atomic mass is 10.0. The molecule has 2 aromatic heterocycles. The monoisotopic (exact) mass is 356 g/mol. The van der Waals surface area contributed by atoms with E-state index in [4.69, 9.17) is 25.5 Å². The lowest BCUT2D eigenvalue weighted by Gasteiger charge is -2.11. The van der Waals surface area contributed by atoms with Crippen LogP contribution in [-0.2, 0) is 11.2 Å². The number of ether oxygens (including phenoxy) is 2. The first-order chi connectivity index (χ1) is 12.2. The zero-order chi connectivity index (χ0) is 17.4. The number of halogens is 1. The molecule has 1 aliphatic rings. The van der Waals surface area contributed by atoms with Gasteiger partial charge in [0.15, 0.2) is 5.76 Å². The molecular weight excluding hydrogens is 344 g/mol. The number of benzene rings is 1. The summed E-state index contributed by atoms with van der Waals surface area (Å²) in [6.07, 6.45) is 1.36. The molecule has 3 aromatic rings. The summed E-state index contributed by atoms with van der Waals surface area (Å²) in [5.41, 5.74) is 2.00. The van der Waals surface area contributed by atoms with Crippen molar-refractivity contribution in [2.75, 3.05) is 7.11 Å². The standard InChI is InChI=1S/C18H13ClN2O4/c1-23-18-20-15(12-7-4-8-24-12)14-16(21-18)13(25-17(14)22)9-10-5-2-3-6-11(10)19/h2-8,13H,9H2,1H3. The van der Waals surface area contributed by atoms with Crippen molar-refractivity contribution in [1.29, 1.82) is 0 Å². The second-order valence-electron chi connectivity index (χ2n) is 5.49. The Labute approximate surface area is 148 Å². The first-order valence-electron chi connectivity index (χ1n) is 7.61. The molecule has 0 saturated carbocycles. The molecule has 0 aliphatic carbocycles. The van der Waals surface area contributed by atoms with Gasteiger partial charge in [-0.2, -0.15) is 9.97 Å². The third-order valence-corrected chi connectivity index (χ3v) is 4.34. The number of hydrogen-bond acceptors (Lipinski definition) is 6. The number of rotatable bonds is 4. The summed E-state index contributed by atoms with van der Waals surface area (Å²) >= 11 is 6.22. The van der Waals surface area contributed by atoms with Gasteiger partial charge in [0, 0.05) is 11.4 Å². The zero-order valence-electron chi connectivity index (χ0n) is 13.2. The van der Waals surface area contributed by atoms with Crippen LogP contribution in [0, 0.1) is 0 Å². The van der Waals surface area contributed by atoms with Gasteiger partial charge in [0.1, 0.15) is 23.1 Å². The zero-order valence-corrected chi connectivity index (χ0v) is 14.0. The molecule has 6 nitrogen and oxygen atoms in total. The average Bonchev–Trinajstić information content (AvgIpc) is 3.25. The molecule has 25 heavy (non-hydrogen) atoms. The minimum absolute atomic E-state index is 0.146. The Kier molecular flexibility index (Phi) is 3.89. The van der Waals surface area contributed by atoms with Crippen LogP contribution in [0.3, 0.4) is 0 Å². The molecule has 0 bridgehead atoms. The lowest BCUT2D eigenvalue weighted by Crippen LogP contribution is -2.06. The van der Waals surface area contributed by atoms with Gasteiger partial charge in [0.05, 0.1) is 13.4 Å². The van der Waals surface area contributed by atoms with Crippen LogP contribution in [0.25, 0.3) is 11.5 Å². The molecule has 0 spiro atoms. The van der Waals surface area contributed by atoms with Crippen LogP contribution in [0.4, 0.5) is 0 Å². The molecule has 1 atom stereocenters. The van der Waals surface area contributed by atoms with Gasteiger partial charge in [-0.25, -0.2) is 4.79 Å². The van der Waals surface area contributed by atoms with Crippen molar-refractivity contribution in [3.05, 3.63) is 64.5 Å². The first kappa shape index (κ1) is 15.7. The normalized spacial score (nSPS) is 15.8. The number of carbonyl (C=O) groups is 1. The number of carbonyl (C=O) groups excluding carboxylic acids is 1. The first-order valence-corrected chi connectivity index (χ1v) is 7.99. The number of cyclic esters (lactones) is 1. The molecule has 7 heteroatoms. The van der Waals surface area contributed by atoms with E-state index in [1.807, 2.05) is 18.2 Å². The number of aromatic nitrogens is 2. The van der Waals surface area contributed by atoms with Crippen molar-refractivity contribution >= 4 is 17.6 Å². The maximum absolute atomic E-state index is 12.4. The van der Waals surface area contributed by atoms with E-state index in [2.05, 4.69) is 9.97 Å². The molecular formula is C18H13ClN2O4. The Morgan fingerprint density at radius 2 is 2.04 bits per heavy atom. The van der Waals surface area contributed by atoms with Crippen molar-refractivity contribution in [2.24, 2.45) is 0 Å². The SMILES string of the molecule is COc1nc(-c2ccco2)c2c(n1)C(Cc1ccccc1Cl)OC2=O. The quantitative estimate of drug-likeness (QED) is 0.661. The third-order valence-electron chi connectivity index (χ3n) is 3.98. The number of fused-ring (bicyclic) bond motifs is 1. The van der Waals surface area contributed by atoms with Gasteiger partial charge in [-0.3, -0.25) is 0 Å². The van der Waals surface area contributed by atoms with Gasteiger partial charge < -0.3 is 13.9 Å². The van der Waals surface area contributed by atoms with Crippen molar-refractivity contribution in [3.8, 4) is 17.5 Å². The maximum Gasteiger partial charge on any atom is 0.343 e. The fraction of sp³-hybridized carbons (Fsp3) is 0.167.